The minimum absolute atomic E-state index is 0.159. The Balaban J connectivity index is 1.85. The van der Waals surface area contributed by atoms with Crippen LogP contribution in [0, 0.1) is 0 Å². The van der Waals surface area contributed by atoms with E-state index in [2.05, 4.69) is 0 Å². The van der Waals surface area contributed by atoms with Crippen LogP contribution < -0.4 is 0 Å². The Morgan fingerprint density at radius 2 is 1.38 bits per heavy atom. The molecule has 0 N–H and O–H groups in total. The Labute approximate surface area is 77.9 Å². The highest BCUT2D eigenvalue weighted by Gasteiger charge is 2.38. The molecule has 0 aliphatic carbocycles. The number of ether oxygens (including phenoxy) is 5. The topological polar surface area (TPSA) is 49.5 Å². The first kappa shape index (κ1) is 10.9. The number of hydrogen-bond acceptors (Lipinski definition) is 5. The van der Waals surface area contributed by atoms with Gasteiger partial charge in [0.15, 0.2) is 0 Å². The highest BCUT2D eigenvalue weighted by molar-refractivity contribution is 4.83. The molecule has 1 aliphatic rings. The fourth-order valence-corrected chi connectivity index (χ4v) is 0.968. The summed E-state index contributed by atoms with van der Waals surface area (Å²) in [5.41, 5.74) is 0. The van der Waals surface area contributed by atoms with E-state index in [1.165, 1.54) is 0 Å². The van der Waals surface area contributed by atoms with Crippen LogP contribution in [0.25, 0.3) is 0 Å². The molecule has 1 rings (SSSR count). The summed E-state index contributed by atoms with van der Waals surface area (Å²) in [6.07, 6.45) is 0.319. The molecule has 78 valence electrons. The van der Waals surface area contributed by atoms with Crippen molar-refractivity contribution in [1.29, 1.82) is 0 Å². The quantitative estimate of drug-likeness (QED) is 0.307. The van der Waals surface area contributed by atoms with E-state index in [4.69, 9.17) is 23.7 Å². The lowest BCUT2D eigenvalue weighted by molar-refractivity contribution is -0.0375. The van der Waals surface area contributed by atoms with Gasteiger partial charge in [0.25, 0.3) is 0 Å². The van der Waals surface area contributed by atoms with Crippen molar-refractivity contribution in [2.24, 2.45) is 0 Å². The summed E-state index contributed by atoms with van der Waals surface area (Å²) < 4.78 is 24.9. The highest BCUT2D eigenvalue weighted by atomic mass is 16.7. The van der Waals surface area contributed by atoms with E-state index in [1.54, 1.807) is 14.2 Å². The molecule has 5 heteroatoms. The lowest BCUT2D eigenvalue weighted by Gasteiger charge is -1.99. The van der Waals surface area contributed by atoms with Crippen LogP contribution in [0.4, 0.5) is 0 Å². The zero-order valence-corrected chi connectivity index (χ0v) is 8.02. The molecule has 1 heterocycles. The number of hydrogen-bond donors (Lipinski definition) is 0. The fraction of sp³-hybridized carbons (Fsp3) is 1.00. The van der Waals surface area contributed by atoms with E-state index >= 15 is 0 Å². The van der Waals surface area contributed by atoms with E-state index in [0.29, 0.717) is 26.8 Å². The smallest absolute Gasteiger partial charge is 0.146 e. The monoisotopic (exact) mass is 192 g/mol. The Bertz CT molecular complexity index is 116. The Morgan fingerprint density at radius 3 is 1.77 bits per heavy atom. The molecule has 13 heavy (non-hydrogen) atoms. The van der Waals surface area contributed by atoms with Gasteiger partial charge in [-0.15, -0.1) is 0 Å². The fourth-order valence-electron chi connectivity index (χ4n) is 0.968. The summed E-state index contributed by atoms with van der Waals surface area (Å²) in [4.78, 5) is 0. The van der Waals surface area contributed by atoms with Crippen molar-refractivity contribution >= 4 is 0 Å². The molecular formula is C8H16O5. The molecule has 0 bridgehead atoms. The lowest BCUT2D eigenvalue weighted by atomic mass is 10.3. The second-order valence-corrected chi connectivity index (χ2v) is 2.77. The molecular weight excluding hydrogens is 176 g/mol. The zero-order valence-electron chi connectivity index (χ0n) is 8.02. The predicted molar refractivity (Wildman–Crippen MR) is 44.3 cm³/mol. The maximum atomic E-state index is 5.25. The first-order valence-corrected chi connectivity index (χ1v) is 4.17. The van der Waals surface area contributed by atoms with E-state index in [0.717, 1.165) is 0 Å². The molecule has 0 aromatic heterocycles. The standard InChI is InChI=1S/C8H16O5/c1-9-5-11-3-7-8(13-7)4-12-6-10-2/h7-8H,3-6H2,1-2H3/t7-,8?/m1/s1. The van der Waals surface area contributed by atoms with Crippen molar-refractivity contribution in [3.05, 3.63) is 0 Å². The summed E-state index contributed by atoms with van der Waals surface area (Å²) in [7, 11) is 3.18. The maximum Gasteiger partial charge on any atom is 0.146 e. The largest absolute Gasteiger partial charge is 0.365 e. The Kier molecular flexibility index (Phi) is 5.26. The van der Waals surface area contributed by atoms with Crippen molar-refractivity contribution in [2.45, 2.75) is 12.2 Å². The molecule has 0 aromatic carbocycles. The molecule has 0 saturated carbocycles. The average Bonchev–Trinajstić information content (AvgIpc) is 2.85. The van der Waals surface area contributed by atoms with Gasteiger partial charge < -0.3 is 23.7 Å². The normalized spacial score (nSPS) is 26.3. The number of rotatable bonds is 8. The van der Waals surface area contributed by atoms with Crippen LogP contribution in [-0.4, -0.2) is 53.2 Å². The van der Waals surface area contributed by atoms with Crippen LogP contribution >= 0.6 is 0 Å². The molecule has 1 fully saturated rings. The van der Waals surface area contributed by atoms with Gasteiger partial charge in [0, 0.05) is 14.2 Å². The van der Waals surface area contributed by atoms with Crippen LogP contribution in [0.2, 0.25) is 0 Å². The third-order valence-corrected chi connectivity index (χ3v) is 1.65. The first-order chi connectivity index (χ1) is 6.38. The third kappa shape index (κ3) is 4.54. The van der Waals surface area contributed by atoms with E-state index < -0.39 is 0 Å². The summed E-state index contributed by atoms with van der Waals surface area (Å²) in [6.45, 7) is 1.75. The molecule has 0 amide bonds. The van der Waals surface area contributed by atoms with Crippen molar-refractivity contribution < 1.29 is 23.7 Å². The Morgan fingerprint density at radius 1 is 0.923 bits per heavy atom. The van der Waals surface area contributed by atoms with Crippen LogP contribution in [0.15, 0.2) is 0 Å². The molecule has 0 aromatic rings. The van der Waals surface area contributed by atoms with Crippen LogP contribution in [0.3, 0.4) is 0 Å². The van der Waals surface area contributed by atoms with Gasteiger partial charge in [0.2, 0.25) is 0 Å². The van der Waals surface area contributed by atoms with Gasteiger partial charge in [-0.3, -0.25) is 0 Å². The van der Waals surface area contributed by atoms with Gasteiger partial charge >= 0.3 is 0 Å². The van der Waals surface area contributed by atoms with Gasteiger partial charge in [0.05, 0.1) is 13.2 Å². The summed E-state index contributed by atoms with van der Waals surface area (Å²) in [6, 6.07) is 0. The number of epoxide rings is 1. The zero-order chi connectivity index (χ0) is 9.52. The van der Waals surface area contributed by atoms with E-state index in [1.807, 2.05) is 0 Å². The van der Waals surface area contributed by atoms with Gasteiger partial charge in [-0.2, -0.15) is 0 Å². The molecule has 1 unspecified atom stereocenters. The molecule has 2 atom stereocenters. The van der Waals surface area contributed by atoms with Gasteiger partial charge in [-0.05, 0) is 0 Å². The SMILES string of the molecule is COCOCC1O[C@@H]1COCOC. The summed E-state index contributed by atoms with van der Waals surface area (Å²) >= 11 is 0. The lowest BCUT2D eigenvalue weighted by Crippen LogP contribution is -2.11. The summed E-state index contributed by atoms with van der Waals surface area (Å²) in [5, 5.41) is 0. The minimum Gasteiger partial charge on any atom is -0.365 e. The Hall–Kier alpha value is -0.200. The predicted octanol–water partition coefficient (Wildman–Crippen LogP) is -0.00520. The van der Waals surface area contributed by atoms with Crippen LogP contribution in [-0.2, 0) is 23.7 Å². The van der Waals surface area contributed by atoms with Gasteiger partial charge in [-0.25, -0.2) is 0 Å². The van der Waals surface area contributed by atoms with Crippen molar-refractivity contribution in [3.8, 4) is 0 Å². The van der Waals surface area contributed by atoms with E-state index in [-0.39, 0.29) is 12.2 Å². The van der Waals surface area contributed by atoms with E-state index in [9.17, 15) is 0 Å². The van der Waals surface area contributed by atoms with Gasteiger partial charge in [0.1, 0.15) is 25.8 Å². The third-order valence-electron chi connectivity index (χ3n) is 1.65. The maximum absolute atomic E-state index is 5.25. The van der Waals surface area contributed by atoms with Crippen molar-refractivity contribution in [3.63, 3.8) is 0 Å². The second-order valence-electron chi connectivity index (χ2n) is 2.77. The number of methoxy groups -OCH3 is 2. The van der Waals surface area contributed by atoms with Crippen molar-refractivity contribution in [1.82, 2.24) is 0 Å². The molecule has 0 spiro atoms. The van der Waals surface area contributed by atoms with Gasteiger partial charge in [-0.1, -0.05) is 0 Å². The average molecular weight is 192 g/mol. The van der Waals surface area contributed by atoms with Crippen molar-refractivity contribution in [2.75, 3.05) is 41.0 Å². The molecule has 1 saturated heterocycles. The minimum atomic E-state index is 0.159. The van der Waals surface area contributed by atoms with Crippen LogP contribution in [0.1, 0.15) is 0 Å². The molecule has 1 aliphatic heterocycles. The highest BCUT2D eigenvalue weighted by Crippen LogP contribution is 2.22. The first-order valence-electron chi connectivity index (χ1n) is 4.17. The molecule has 5 nitrogen and oxygen atoms in total. The molecule has 0 radical (unpaired) electrons. The second kappa shape index (κ2) is 6.28. The summed E-state index contributed by atoms with van der Waals surface area (Å²) in [5.74, 6) is 0. The van der Waals surface area contributed by atoms with Crippen LogP contribution in [0.5, 0.6) is 0 Å².